The van der Waals surface area contributed by atoms with Crippen molar-refractivity contribution in [2.24, 2.45) is 0 Å². The smallest absolute Gasteiger partial charge is 0.0849 e. The number of alkyl halides is 1. The molecule has 0 bridgehead atoms. The fourth-order valence-electron chi connectivity index (χ4n) is 1.48. The van der Waals surface area contributed by atoms with Crippen LogP contribution >= 0.6 is 15.9 Å². The highest BCUT2D eigenvalue weighted by Crippen LogP contribution is 2.02. The van der Waals surface area contributed by atoms with Crippen molar-refractivity contribution >= 4 is 15.9 Å². The molecule has 0 atom stereocenters. The third-order valence-electron chi connectivity index (χ3n) is 2.21. The van der Waals surface area contributed by atoms with Crippen molar-refractivity contribution in [3.05, 3.63) is 41.5 Å². The van der Waals surface area contributed by atoms with Gasteiger partial charge in [0.2, 0.25) is 0 Å². The Kier molecular flexibility index (Phi) is 3.66. The summed E-state index contributed by atoms with van der Waals surface area (Å²) >= 11 is 3.38. The fraction of sp³-hybridized carbons (Fsp3) is 0.364. The molecule has 5 heteroatoms. The third kappa shape index (κ3) is 2.88. The number of rotatable bonds is 4. The van der Waals surface area contributed by atoms with Crippen molar-refractivity contribution in [3.63, 3.8) is 0 Å². The molecule has 0 aromatic carbocycles. The van der Waals surface area contributed by atoms with Gasteiger partial charge in [0.1, 0.15) is 0 Å². The van der Waals surface area contributed by atoms with Crippen molar-refractivity contribution in [2.45, 2.75) is 19.9 Å². The van der Waals surface area contributed by atoms with Gasteiger partial charge in [-0.15, -0.1) is 5.10 Å². The van der Waals surface area contributed by atoms with Crippen molar-refractivity contribution in [1.82, 2.24) is 20.0 Å². The largest absolute Gasteiger partial charge is 0.256 e. The molecular weight excluding hydrogens is 268 g/mol. The van der Waals surface area contributed by atoms with Crippen LogP contribution in [0.2, 0.25) is 0 Å². The molecule has 0 spiro atoms. The highest BCUT2D eigenvalue weighted by Gasteiger charge is 2.01. The zero-order valence-corrected chi connectivity index (χ0v) is 10.7. The maximum atomic E-state index is 4.43. The minimum atomic E-state index is 0.678. The van der Waals surface area contributed by atoms with E-state index in [-0.39, 0.29) is 0 Å². The van der Waals surface area contributed by atoms with E-state index in [1.165, 1.54) is 0 Å². The van der Waals surface area contributed by atoms with Crippen molar-refractivity contribution in [1.29, 1.82) is 0 Å². The molecule has 0 unspecified atom stereocenters. The Hall–Kier alpha value is -1.23. The maximum absolute atomic E-state index is 4.43. The van der Waals surface area contributed by atoms with Crippen molar-refractivity contribution in [3.8, 4) is 0 Å². The van der Waals surface area contributed by atoms with Gasteiger partial charge < -0.3 is 0 Å². The van der Waals surface area contributed by atoms with Crippen molar-refractivity contribution in [2.75, 3.05) is 5.33 Å². The third-order valence-corrected chi connectivity index (χ3v) is 2.60. The van der Waals surface area contributed by atoms with E-state index in [0.29, 0.717) is 6.54 Å². The van der Waals surface area contributed by atoms with Crippen LogP contribution in [0.25, 0.3) is 0 Å². The Morgan fingerprint density at radius 2 is 2.19 bits per heavy atom. The zero-order valence-electron chi connectivity index (χ0n) is 9.10. The minimum absolute atomic E-state index is 0.678. The molecule has 0 N–H and O–H groups in total. The summed E-state index contributed by atoms with van der Waals surface area (Å²) < 4.78 is 1.82. The summed E-state index contributed by atoms with van der Waals surface area (Å²) in [5.41, 5.74) is 3.04. The normalized spacial score (nSPS) is 10.6. The number of hydrogen-bond donors (Lipinski definition) is 0. The lowest BCUT2D eigenvalue weighted by Crippen LogP contribution is -2.03. The van der Waals surface area contributed by atoms with E-state index >= 15 is 0 Å². The van der Waals surface area contributed by atoms with Crippen LogP contribution in [0.1, 0.15) is 17.1 Å². The van der Waals surface area contributed by atoms with Crippen LogP contribution in [0.15, 0.2) is 24.4 Å². The molecule has 0 aliphatic heterocycles. The molecule has 84 valence electrons. The molecule has 0 saturated carbocycles. The fourth-order valence-corrected chi connectivity index (χ4v) is 1.89. The first-order valence-electron chi connectivity index (χ1n) is 5.15. The van der Waals surface area contributed by atoms with Gasteiger partial charge in [-0.1, -0.05) is 27.2 Å². The lowest BCUT2D eigenvalue weighted by Gasteiger charge is -2.00. The monoisotopic (exact) mass is 280 g/mol. The van der Waals surface area contributed by atoms with Crippen LogP contribution in [0.5, 0.6) is 0 Å². The van der Waals surface area contributed by atoms with E-state index in [1.807, 2.05) is 36.0 Å². The number of halogens is 1. The number of nitrogens with zero attached hydrogens (tertiary/aromatic N) is 4. The molecule has 2 aromatic rings. The molecule has 2 heterocycles. The number of hydrogen-bond acceptors (Lipinski definition) is 3. The highest BCUT2D eigenvalue weighted by molar-refractivity contribution is 9.09. The van der Waals surface area contributed by atoms with E-state index in [4.69, 9.17) is 0 Å². The van der Waals surface area contributed by atoms with Gasteiger partial charge in [-0.3, -0.25) is 4.98 Å². The van der Waals surface area contributed by atoms with E-state index in [9.17, 15) is 0 Å². The summed E-state index contributed by atoms with van der Waals surface area (Å²) in [5.74, 6) is 0. The van der Waals surface area contributed by atoms with Gasteiger partial charge in [0, 0.05) is 23.6 Å². The Bertz CT molecular complexity index is 467. The number of aryl methyl sites for hydroxylation is 2. The summed E-state index contributed by atoms with van der Waals surface area (Å²) in [5, 5.41) is 9.06. The molecular formula is C11H13BrN4. The van der Waals surface area contributed by atoms with Crippen molar-refractivity contribution < 1.29 is 0 Å². The Morgan fingerprint density at radius 3 is 2.94 bits per heavy atom. The van der Waals surface area contributed by atoms with Crippen LogP contribution < -0.4 is 0 Å². The van der Waals surface area contributed by atoms with E-state index in [2.05, 4.69) is 31.2 Å². The first kappa shape index (κ1) is 11.3. The van der Waals surface area contributed by atoms with Crippen LogP contribution in [0, 0.1) is 6.92 Å². The summed E-state index contributed by atoms with van der Waals surface area (Å²) in [6.07, 6.45) is 2.87. The molecule has 2 aromatic heterocycles. The molecule has 2 rings (SSSR count). The van der Waals surface area contributed by atoms with Gasteiger partial charge in [0.15, 0.2) is 0 Å². The lowest BCUT2D eigenvalue weighted by molar-refractivity contribution is 0.637. The summed E-state index contributed by atoms with van der Waals surface area (Å²) in [6.45, 7) is 2.66. The Morgan fingerprint density at radius 1 is 1.31 bits per heavy atom. The Labute approximate surface area is 103 Å². The highest BCUT2D eigenvalue weighted by atomic mass is 79.9. The zero-order chi connectivity index (χ0) is 11.4. The average Bonchev–Trinajstić information content (AvgIpc) is 2.66. The maximum Gasteiger partial charge on any atom is 0.0849 e. The van der Waals surface area contributed by atoms with Gasteiger partial charge in [-0.25, -0.2) is 4.68 Å². The minimum Gasteiger partial charge on any atom is -0.256 e. The van der Waals surface area contributed by atoms with Crippen LogP contribution in [0.3, 0.4) is 0 Å². The summed E-state index contributed by atoms with van der Waals surface area (Å²) in [4.78, 5) is 4.43. The quantitative estimate of drug-likeness (QED) is 0.805. The molecule has 16 heavy (non-hydrogen) atoms. The second-order valence-corrected chi connectivity index (χ2v) is 4.41. The number of aromatic nitrogens is 4. The molecule has 0 fully saturated rings. The molecule has 0 saturated heterocycles. The van der Waals surface area contributed by atoms with Crippen LogP contribution in [-0.2, 0) is 13.0 Å². The molecule has 4 nitrogen and oxygen atoms in total. The second-order valence-electron chi connectivity index (χ2n) is 3.62. The molecule has 0 amide bonds. The predicted molar refractivity (Wildman–Crippen MR) is 65.6 cm³/mol. The summed E-state index contributed by atoms with van der Waals surface area (Å²) in [6, 6.07) is 5.99. The van der Waals surface area contributed by atoms with E-state index < -0.39 is 0 Å². The van der Waals surface area contributed by atoms with Crippen LogP contribution in [0.4, 0.5) is 0 Å². The average molecular weight is 281 g/mol. The van der Waals surface area contributed by atoms with Gasteiger partial charge in [0.25, 0.3) is 0 Å². The SMILES string of the molecule is Cc1cccc(Cn2cc(CCBr)nn2)n1. The topological polar surface area (TPSA) is 43.6 Å². The number of pyridine rings is 1. The Balaban J connectivity index is 2.08. The van der Waals surface area contributed by atoms with Gasteiger partial charge >= 0.3 is 0 Å². The van der Waals surface area contributed by atoms with Crippen LogP contribution in [-0.4, -0.2) is 25.3 Å². The standard InChI is InChI=1S/C11H13BrN4/c1-9-3-2-4-10(13-9)7-16-8-11(5-6-12)14-15-16/h2-4,8H,5-7H2,1H3. The van der Waals surface area contributed by atoms with Gasteiger partial charge in [-0.05, 0) is 19.1 Å². The first-order valence-corrected chi connectivity index (χ1v) is 6.27. The van der Waals surface area contributed by atoms with E-state index in [1.54, 1.807) is 0 Å². The molecule has 0 aliphatic rings. The second kappa shape index (κ2) is 5.21. The molecule has 0 radical (unpaired) electrons. The van der Waals surface area contributed by atoms with Gasteiger partial charge in [0.05, 0.1) is 17.9 Å². The van der Waals surface area contributed by atoms with E-state index in [0.717, 1.165) is 28.8 Å². The lowest BCUT2D eigenvalue weighted by atomic mass is 10.3. The predicted octanol–water partition coefficient (Wildman–Crippen LogP) is 1.97. The molecule has 0 aliphatic carbocycles. The first-order chi connectivity index (χ1) is 7.78. The van der Waals surface area contributed by atoms with Gasteiger partial charge in [-0.2, -0.15) is 0 Å². The summed E-state index contributed by atoms with van der Waals surface area (Å²) in [7, 11) is 0.